The summed E-state index contributed by atoms with van der Waals surface area (Å²) in [5.74, 6) is 0. The van der Waals surface area contributed by atoms with Gasteiger partial charge in [0.05, 0.1) is 11.1 Å². The third-order valence-electron chi connectivity index (χ3n) is 15.5. The lowest BCUT2D eigenvalue weighted by Gasteiger charge is -2.37. The van der Waals surface area contributed by atoms with Gasteiger partial charge in [0.15, 0.2) is 0 Å². The molecule has 0 amide bonds. The van der Waals surface area contributed by atoms with Gasteiger partial charge in [-0.3, -0.25) is 0 Å². The molecule has 0 spiro atoms. The van der Waals surface area contributed by atoms with E-state index in [9.17, 15) is 0 Å². The van der Waals surface area contributed by atoms with Crippen molar-refractivity contribution >= 4 is 27.8 Å². The topological polar surface area (TPSA) is 3.24 Å². The SMILES string of the molecule is CC1(C)c2ccccc2-c2ccc(N(c3ccc4c(c3)C(C)(C)c3ccccc3-4)c3c(-c4ccccc4)c4c(c5ccccc35)C(c3ccccc3)(c3ccccc3)c3ccccc3-4)cc21. The second-order valence-electron chi connectivity index (χ2n) is 19.5. The van der Waals surface area contributed by atoms with E-state index in [-0.39, 0.29) is 10.8 Å². The van der Waals surface area contributed by atoms with Crippen molar-refractivity contribution in [2.24, 2.45) is 0 Å². The first-order valence-corrected chi connectivity index (χ1v) is 23.4. The Kier molecular flexibility index (Phi) is 8.28. The molecular weight excluding hydrogens is 795 g/mol. The third-order valence-corrected chi connectivity index (χ3v) is 15.5. The molecule has 0 bridgehead atoms. The van der Waals surface area contributed by atoms with E-state index < -0.39 is 5.41 Å². The lowest BCUT2D eigenvalue weighted by molar-refractivity contribution is 0.660. The summed E-state index contributed by atoms with van der Waals surface area (Å²) >= 11 is 0. The number of nitrogens with zero attached hydrogens (tertiary/aromatic N) is 1. The van der Waals surface area contributed by atoms with Crippen LogP contribution in [0.4, 0.5) is 17.1 Å². The molecule has 314 valence electrons. The fourth-order valence-corrected chi connectivity index (χ4v) is 12.6. The van der Waals surface area contributed by atoms with Gasteiger partial charge in [-0.1, -0.05) is 228 Å². The molecule has 0 heterocycles. The Morgan fingerprint density at radius 3 is 1.26 bits per heavy atom. The molecule has 10 aromatic carbocycles. The molecule has 3 aliphatic rings. The van der Waals surface area contributed by atoms with E-state index in [0.29, 0.717) is 0 Å². The largest absolute Gasteiger partial charge is 0.309 e. The van der Waals surface area contributed by atoms with Crippen molar-refractivity contribution in [3.8, 4) is 44.5 Å². The Labute approximate surface area is 388 Å². The lowest BCUT2D eigenvalue weighted by Crippen LogP contribution is -2.29. The Morgan fingerprint density at radius 2 is 0.727 bits per heavy atom. The van der Waals surface area contributed by atoms with E-state index in [1.54, 1.807) is 0 Å². The van der Waals surface area contributed by atoms with Crippen molar-refractivity contribution in [1.29, 1.82) is 0 Å². The van der Waals surface area contributed by atoms with Crippen LogP contribution in [0.15, 0.2) is 224 Å². The van der Waals surface area contributed by atoms with Gasteiger partial charge >= 0.3 is 0 Å². The zero-order chi connectivity index (χ0) is 44.4. The molecule has 1 nitrogen and oxygen atoms in total. The average Bonchev–Trinajstić information content (AvgIpc) is 3.90. The van der Waals surface area contributed by atoms with Crippen molar-refractivity contribution in [3.05, 3.63) is 269 Å². The van der Waals surface area contributed by atoms with Crippen LogP contribution in [0.1, 0.15) is 72.2 Å². The van der Waals surface area contributed by atoms with Gasteiger partial charge in [0.2, 0.25) is 0 Å². The van der Waals surface area contributed by atoms with Crippen molar-refractivity contribution in [1.82, 2.24) is 0 Å². The Balaban J connectivity index is 1.20. The second-order valence-corrected chi connectivity index (χ2v) is 19.5. The quantitative estimate of drug-likeness (QED) is 0.161. The Bertz CT molecular complexity index is 3430. The summed E-state index contributed by atoms with van der Waals surface area (Å²) in [6.45, 7) is 9.57. The minimum atomic E-state index is -0.590. The van der Waals surface area contributed by atoms with Crippen LogP contribution in [0, 0.1) is 0 Å². The van der Waals surface area contributed by atoms with Crippen LogP contribution >= 0.6 is 0 Å². The summed E-state index contributed by atoms with van der Waals surface area (Å²) in [7, 11) is 0. The maximum Gasteiger partial charge on any atom is 0.0719 e. The molecular formula is C65H49N. The van der Waals surface area contributed by atoms with Crippen LogP contribution in [0.3, 0.4) is 0 Å². The fourth-order valence-electron chi connectivity index (χ4n) is 12.6. The minimum Gasteiger partial charge on any atom is -0.309 e. The molecule has 1 heteroatoms. The Morgan fingerprint density at radius 1 is 0.318 bits per heavy atom. The van der Waals surface area contributed by atoms with Crippen LogP contribution in [-0.4, -0.2) is 0 Å². The first kappa shape index (κ1) is 38.7. The highest BCUT2D eigenvalue weighted by molar-refractivity contribution is 6.17. The van der Waals surface area contributed by atoms with E-state index in [0.717, 1.165) is 11.4 Å². The van der Waals surface area contributed by atoms with Crippen LogP contribution in [0.2, 0.25) is 0 Å². The maximum absolute atomic E-state index is 2.62. The summed E-state index contributed by atoms with van der Waals surface area (Å²) in [5, 5.41) is 2.46. The van der Waals surface area contributed by atoms with Gasteiger partial charge in [0, 0.05) is 33.2 Å². The number of anilines is 3. The highest BCUT2D eigenvalue weighted by Crippen LogP contribution is 2.64. The first-order chi connectivity index (χ1) is 32.3. The molecule has 10 aromatic rings. The highest BCUT2D eigenvalue weighted by Gasteiger charge is 2.49. The maximum atomic E-state index is 2.62. The van der Waals surface area contributed by atoms with Crippen molar-refractivity contribution in [2.45, 2.75) is 43.9 Å². The molecule has 0 fully saturated rings. The summed E-state index contributed by atoms with van der Waals surface area (Å²) in [5.41, 5.74) is 23.4. The summed E-state index contributed by atoms with van der Waals surface area (Å²) in [4.78, 5) is 2.62. The van der Waals surface area contributed by atoms with Gasteiger partial charge in [0.25, 0.3) is 0 Å². The molecule has 0 atom stereocenters. The van der Waals surface area contributed by atoms with Gasteiger partial charge in [-0.15, -0.1) is 0 Å². The summed E-state index contributed by atoms with van der Waals surface area (Å²) < 4.78 is 0. The Hall–Kier alpha value is -7.74. The minimum absolute atomic E-state index is 0.179. The number of benzene rings is 10. The average molecular weight is 844 g/mol. The van der Waals surface area contributed by atoms with Crippen LogP contribution in [0.5, 0.6) is 0 Å². The van der Waals surface area contributed by atoms with Crippen LogP contribution in [-0.2, 0) is 16.2 Å². The van der Waals surface area contributed by atoms with Gasteiger partial charge in [0.1, 0.15) is 0 Å². The third kappa shape index (κ3) is 5.17. The van der Waals surface area contributed by atoms with Gasteiger partial charge in [-0.25, -0.2) is 0 Å². The monoisotopic (exact) mass is 843 g/mol. The zero-order valence-corrected chi connectivity index (χ0v) is 37.8. The highest BCUT2D eigenvalue weighted by atomic mass is 15.1. The molecule has 0 saturated carbocycles. The molecule has 0 saturated heterocycles. The lowest BCUT2D eigenvalue weighted by atomic mass is 9.66. The normalized spacial score (nSPS) is 15.0. The zero-order valence-electron chi connectivity index (χ0n) is 37.8. The summed E-state index contributed by atoms with van der Waals surface area (Å²) in [6.07, 6.45) is 0. The van der Waals surface area contributed by atoms with Crippen molar-refractivity contribution in [2.75, 3.05) is 4.90 Å². The molecule has 0 unspecified atom stereocenters. The van der Waals surface area contributed by atoms with E-state index in [2.05, 4.69) is 257 Å². The number of rotatable bonds is 6. The summed E-state index contributed by atoms with van der Waals surface area (Å²) in [6, 6.07) is 84.7. The van der Waals surface area contributed by atoms with Crippen LogP contribution in [0.25, 0.3) is 55.3 Å². The second kappa shape index (κ2) is 14.1. The van der Waals surface area contributed by atoms with Crippen LogP contribution < -0.4 is 4.90 Å². The molecule has 3 aliphatic carbocycles. The van der Waals surface area contributed by atoms with E-state index >= 15 is 0 Å². The molecule has 0 aliphatic heterocycles. The number of hydrogen-bond donors (Lipinski definition) is 0. The van der Waals surface area contributed by atoms with E-state index in [4.69, 9.17) is 0 Å². The fraction of sp³-hybridized carbons (Fsp3) is 0.108. The van der Waals surface area contributed by atoms with Gasteiger partial charge in [-0.2, -0.15) is 0 Å². The molecule has 66 heavy (non-hydrogen) atoms. The first-order valence-electron chi connectivity index (χ1n) is 23.4. The van der Waals surface area contributed by atoms with Crippen molar-refractivity contribution in [3.63, 3.8) is 0 Å². The van der Waals surface area contributed by atoms with E-state index in [1.165, 1.54) is 105 Å². The predicted molar refractivity (Wildman–Crippen MR) is 276 cm³/mol. The standard InChI is InChI=1S/C65H49N/c1-63(2)54-33-19-16-28-47(54)49-38-36-45(40-57(49)63)66(46-37-39-50-48-29-17-20-34-55(48)64(3,4)58(50)41-46)62-52-31-15-14-30-51(52)61-60(59(62)42-22-8-5-9-23-42)53-32-18-21-35-56(53)65(61,43-24-10-6-11-25-43)44-26-12-7-13-27-44/h5-41H,1-4H3. The predicted octanol–water partition coefficient (Wildman–Crippen LogP) is 17.0. The van der Waals surface area contributed by atoms with E-state index in [1.807, 2.05) is 0 Å². The number of fused-ring (bicyclic) bond motifs is 11. The molecule has 13 rings (SSSR count). The van der Waals surface area contributed by atoms with Gasteiger partial charge < -0.3 is 4.90 Å². The van der Waals surface area contributed by atoms with Crippen molar-refractivity contribution < 1.29 is 0 Å². The molecule has 0 aromatic heterocycles. The molecule has 0 N–H and O–H groups in total. The number of hydrogen-bond acceptors (Lipinski definition) is 1. The smallest absolute Gasteiger partial charge is 0.0719 e. The van der Waals surface area contributed by atoms with Gasteiger partial charge in [-0.05, 0) is 113 Å². The molecule has 0 radical (unpaired) electrons.